The molecule has 0 spiro atoms. The van der Waals surface area contributed by atoms with Crippen LogP contribution in [-0.4, -0.2) is 20.7 Å². The Balaban J connectivity index is 1.82. The Kier molecular flexibility index (Phi) is 3.35. The SMILES string of the molecule is CC(C(=O)Nc1nccs1)n1nc(C2CC2)ccc1=O. The van der Waals surface area contributed by atoms with Crippen molar-refractivity contribution in [2.75, 3.05) is 5.32 Å². The average molecular weight is 290 g/mol. The first-order valence-electron chi connectivity index (χ1n) is 6.45. The standard InChI is InChI=1S/C13H14N4O2S/c1-8(12(19)15-13-14-6-7-20-13)17-11(18)5-4-10(16-17)9-2-3-9/h4-9H,2-3H2,1H3,(H,14,15,19). The van der Waals surface area contributed by atoms with E-state index in [1.807, 2.05) is 0 Å². The molecule has 2 aromatic rings. The van der Waals surface area contributed by atoms with E-state index in [-0.39, 0.29) is 11.5 Å². The number of hydrogen-bond acceptors (Lipinski definition) is 5. The van der Waals surface area contributed by atoms with E-state index in [9.17, 15) is 9.59 Å². The van der Waals surface area contributed by atoms with Gasteiger partial charge in [-0.05, 0) is 25.8 Å². The van der Waals surface area contributed by atoms with Gasteiger partial charge in [0.1, 0.15) is 6.04 Å². The highest BCUT2D eigenvalue weighted by atomic mass is 32.1. The van der Waals surface area contributed by atoms with Crippen LogP contribution >= 0.6 is 11.3 Å². The van der Waals surface area contributed by atoms with E-state index in [1.165, 1.54) is 22.1 Å². The number of carbonyl (C=O) groups excluding carboxylic acids is 1. The molecule has 3 rings (SSSR count). The Morgan fingerprint density at radius 1 is 1.50 bits per heavy atom. The fourth-order valence-electron chi connectivity index (χ4n) is 1.92. The first kappa shape index (κ1) is 13.0. The molecule has 0 radical (unpaired) electrons. The zero-order chi connectivity index (χ0) is 14.1. The van der Waals surface area contributed by atoms with Gasteiger partial charge in [0.2, 0.25) is 0 Å². The summed E-state index contributed by atoms with van der Waals surface area (Å²) in [7, 11) is 0. The Morgan fingerprint density at radius 2 is 2.30 bits per heavy atom. The van der Waals surface area contributed by atoms with Crippen molar-refractivity contribution in [2.24, 2.45) is 0 Å². The van der Waals surface area contributed by atoms with Gasteiger partial charge in [-0.1, -0.05) is 0 Å². The second kappa shape index (κ2) is 5.16. The predicted octanol–water partition coefficient (Wildman–Crippen LogP) is 1.78. The van der Waals surface area contributed by atoms with Gasteiger partial charge in [-0.3, -0.25) is 9.59 Å². The van der Waals surface area contributed by atoms with Gasteiger partial charge in [0.25, 0.3) is 11.5 Å². The summed E-state index contributed by atoms with van der Waals surface area (Å²) in [5.74, 6) is 0.151. The van der Waals surface area contributed by atoms with Crippen molar-refractivity contribution >= 4 is 22.4 Å². The molecular weight excluding hydrogens is 276 g/mol. The molecule has 0 aromatic carbocycles. The lowest BCUT2D eigenvalue weighted by molar-refractivity contribution is -0.119. The molecule has 1 atom stereocenters. The van der Waals surface area contributed by atoms with E-state index in [0.29, 0.717) is 11.0 Å². The van der Waals surface area contributed by atoms with Crippen molar-refractivity contribution in [1.29, 1.82) is 0 Å². The number of nitrogens with one attached hydrogen (secondary N) is 1. The molecule has 1 unspecified atom stereocenters. The van der Waals surface area contributed by atoms with E-state index in [4.69, 9.17) is 0 Å². The predicted molar refractivity (Wildman–Crippen MR) is 75.9 cm³/mol. The molecule has 0 aliphatic heterocycles. The van der Waals surface area contributed by atoms with Crippen LogP contribution in [0, 0.1) is 0 Å². The van der Waals surface area contributed by atoms with Gasteiger partial charge in [-0.2, -0.15) is 5.10 Å². The Morgan fingerprint density at radius 3 is 2.95 bits per heavy atom. The second-order valence-electron chi connectivity index (χ2n) is 4.82. The normalized spacial score (nSPS) is 15.8. The zero-order valence-corrected chi connectivity index (χ0v) is 11.8. The van der Waals surface area contributed by atoms with Crippen LogP contribution in [0.3, 0.4) is 0 Å². The van der Waals surface area contributed by atoms with Crippen LogP contribution in [0.5, 0.6) is 0 Å². The van der Waals surface area contributed by atoms with Crippen LogP contribution in [0.15, 0.2) is 28.5 Å². The van der Waals surface area contributed by atoms with Crippen molar-refractivity contribution in [3.05, 3.63) is 39.8 Å². The number of anilines is 1. The summed E-state index contributed by atoms with van der Waals surface area (Å²) in [4.78, 5) is 28.0. The third-order valence-electron chi connectivity index (χ3n) is 3.25. The summed E-state index contributed by atoms with van der Waals surface area (Å²) in [6.07, 6.45) is 3.82. The largest absolute Gasteiger partial charge is 0.300 e. The third kappa shape index (κ3) is 2.62. The molecule has 0 bridgehead atoms. The highest BCUT2D eigenvalue weighted by molar-refractivity contribution is 7.13. The molecule has 1 amide bonds. The molecule has 1 N–H and O–H groups in total. The topological polar surface area (TPSA) is 76.9 Å². The average Bonchev–Trinajstić information content (AvgIpc) is 3.17. The molecule has 1 aliphatic rings. The van der Waals surface area contributed by atoms with E-state index in [0.717, 1.165) is 18.5 Å². The van der Waals surface area contributed by atoms with Crippen molar-refractivity contribution in [3.8, 4) is 0 Å². The van der Waals surface area contributed by atoms with Gasteiger partial charge in [0.05, 0.1) is 5.69 Å². The first-order chi connectivity index (χ1) is 9.65. The molecule has 0 saturated heterocycles. The molecule has 20 heavy (non-hydrogen) atoms. The Hall–Kier alpha value is -2.02. The minimum Gasteiger partial charge on any atom is -0.300 e. The molecule has 1 aliphatic carbocycles. The van der Waals surface area contributed by atoms with Gasteiger partial charge in [0.15, 0.2) is 5.13 Å². The number of rotatable bonds is 4. The zero-order valence-electron chi connectivity index (χ0n) is 10.9. The van der Waals surface area contributed by atoms with E-state index >= 15 is 0 Å². The number of amides is 1. The minimum absolute atomic E-state index is 0.267. The molecule has 1 fully saturated rings. The molecule has 2 aromatic heterocycles. The Labute approximate surface area is 119 Å². The van der Waals surface area contributed by atoms with Crippen LogP contribution < -0.4 is 10.9 Å². The van der Waals surface area contributed by atoms with Crippen molar-refractivity contribution in [3.63, 3.8) is 0 Å². The summed E-state index contributed by atoms with van der Waals surface area (Å²) in [6.45, 7) is 1.66. The third-order valence-corrected chi connectivity index (χ3v) is 3.94. The quantitative estimate of drug-likeness (QED) is 0.931. The Bertz CT molecular complexity index is 676. The number of carbonyl (C=O) groups is 1. The van der Waals surface area contributed by atoms with Crippen LogP contribution in [0.2, 0.25) is 0 Å². The maximum atomic E-state index is 12.1. The number of nitrogens with zero attached hydrogens (tertiary/aromatic N) is 3. The lowest BCUT2D eigenvalue weighted by Gasteiger charge is -2.13. The summed E-state index contributed by atoms with van der Waals surface area (Å²) in [5.41, 5.74) is 0.620. The maximum absolute atomic E-state index is 12.1. The van der Waals surface area contributed by atoms with E-state index in [1.54, 1.807) is 24.6 Å². The van der Waals surface area contributed by atoms with Crippen molar-refractivity contribution < 1.29 is 4.79 Å². The van der Waals surface area contributed by atoms with Crippen LogP contribution in [0.1, 0.15) is 37.4 Å². The van der Waals surface area contributed by atoms with Crippen LogP contribution in [-0.2, 0) is 4.79 Å². The maximum Gasteiger partial charge on any atom is 0.267 e. The van der Waals surface area contributed by atoms with Gasteiger partial charge in [0, 0.05) is 23.6 Å². The summed E-state index contributed by atoms with van der Waals surface area (Å²) in [5, 5.41) is 9.29. The van der Waals surface area contributed by atoms with Gasteiger partial charge in [-0.25, -0.2) is 9.67 Å². The summed E-state index contributed by atoms with van der Waals surface area (Å²) in [6, 6.07) is 2.57. The number of aromatic nitrogens is 3. The monoisotopic (exact) mass is 290 g/mol. The molecule has 7 heteroatoms. The van der Waals surface area contributed by atoms with E-state index < -0.39 is 6.04 Å². The molecule has 2 heterocycles. The highest BCUT2D eigenvalue weighted by Crippen LogP contribution is 2.38. The van der Waals surface area contributed by atoms with Gasteiger partial charge in [-0.15, -0.1) is 11.3 Å². The molecular formula is C13H14N4O2S. The van der Waals surface area contributed by atoms with Crippen molar-refractivity contribution in [2.45, 2.75) is 31.7 Å². The fourth-order valence-corrected chi connectivity index (χ4v) is 2.45. The number of hydrogen-bond donors (Lipinski definition) is 1. The minimum atomic E-state index is -0.662. The smallest absolute Gasteiger partial charge is 0.267 e. The summed E-state index contributed by atoms with van der Waals surface area (Å²) >= 11 is 1.34. The van der Waals surface area contributed by atoms with E-state index in [2.05, 4.69) is 15.4 Å². The van der Waals surface area contributed by atoms with Crippen molar-refractivity contribution in [1.82, 2.24) is 14.8 Å². The number of thiazole rings is 1. The second-order valence-corrected chi connectivity index (χ2v) is 5.71. The molecule has 6 nitrogen and oxygen atoms in total. The van der Waals surface area contributed by atoms with Gasteiger partial charge < -0.3 is 5.32 Å². The summed E-state index contributed by atoms with van der Waals surface area (Å²) < 4.78 is 1.25. The molecule has 104 valence electrons. The molecule has 1 saturated carbocycles. The highest BCUT2D eigenvalue weighted by Gasteiger charge is 2.27. The lowest BCUT2D eigenvalue weighted by atomic mass is 10.2. The fraction of sp³-hybridized carbons (Fsp3) is 0.385. The van der Waals surface area contributed by atoms with Gasteiger partial charge >= 0.3 is 0 Å². The first-order valence-corrected chi connectivity index (χ1v) is 7.33. The van der Waals surface area contributed by atoms with Crippen LogP contribution in [0.25, 0.3) is 0 Å². The lowest BCUT2D eigenvalue weighted by Crippen LogP contribution is -2.33. The van der Waals surface area contributed by atoms with Crippen LogP contribution in [0.4, 0.5) is 5.13 Å².